The van der Waals surface area contributed by atoms with Gasteiger partial charge in [0, 0.05) is 11.0 Å². The van der Waals surface area contributed by atoms with Gasteiger partial charge in [-0.2, -0.15) is 0 Å². The molecular weight excluding hydrogens is 346 g/mol. The van der Waals surface area contributed by atoms with Gasteiger partial charge in [-0.05, 0) is 46.5 Å². The molecule has 0 aromatic heterocycles. The smallest absolute Gasteiger partial charge is 0.308 e. The molecule has 0 radical (unpaired) electrons. The molecule has 0 amide bonds. The lowest BCUT2D eigenvalue weighted by atomic mass is 9.97. The van der Waals surface area contributed by atoms with Crippen molar-refractivity contribution in [3.8, 4) is 0 Å². The van der Waals surface area contributed by atoms with Crippen LogP contribution in [0.5, 0.6) is 0 Å². The summed E-state index contributed by atoms with van der Waals surface area (Å²) in [4.78, 5) is 11.2. The Labute approximate surface area is 127 Å². The lowest BCUT2D eigenvalue weighted by Gasteiger charge is -2.17. The molecule has 1 aromatic rings. The van der Waals surface area contributed by atoms with Gasteiger partial charge in [-0.3, -0.25) is 4.79 Å². The fourth-order valence-electron chi connectivity index (χ4n) is 1.71. The summed E-state index contributed by atoms with van der Waals surface area (Å²) in [5, 5.41) is 9.06. The Morgan fingerprint density at radius 2 is 2.00 bits per heavy atom. The Morgan fingerprint density at radius 3 is 2.45 bits per heavy atom. The molecule has 5 nitrogen and oxygen atoms in total. The van der Waals surface area contributed by atoms with Crippen LogP contribution in [0.15, 0.2) is 27.6 Å². The molecule has 0 bridgehead atoms. The molecule has 0 aliphatic heterocycles. The minimum Gasteiger partial charge on any atom is -0.481 e. The van der Waals surface area contributed by atoms with Gasteiger partial charge >= 0.3 is 5.97 Å². The van der Waals surface area contributed by atoms with Crippen molar-refractivity contribution in [2.45, 2.75) is 25.7 Å². The van der Waals surface area contributed by atoms with Gasteiger partial charge < -0.3 is 5.11 Å². The van der Waals surface area contributed by atoms with Crippen LogP contribution in [0.25, 0.3) is 0 Å². The van der Waals surface area contributed by atoms with E-state index in [9.17, 15) is 13.2 Å². The van der Waals surface area contributed by atoms with Crippen LogP contribution in [0.4, 0.5) is 0 Å². The highest BCUT2D eigenvalue weighted by atomic mass is 79.9. The summed E-state index contributed by atoms with van der Waals surface area (Å²) in [5.41, 5.74) is 0.932. The lowest BCUT2D eigenvalue weighted by molar-refractivity contribution is -0.142. The van der Waals surface area contributed by atoms with Gasteiger partial charge in [0.2, 0.25) is 10.0 Å². The van der Waals surface area contributed by atoms with Crippen molar-refractivity contribution in [2.24, 2.45) is 11.8 Å². The van der Waals surface area contributed by atoms with Crippen LogP contribution in [0.3, 0.4) is 0 Å². The summed E-state index contributed by atoms with van der Waals surface area (Å²) >= 11 is 3.21. The quantitative estimate of drug-likeness (QED) is 0.812. The number of aryl methyl sites for hydroxylation is 1. The van der Waals surface area contributed by atoms with Gasteiger partial charge in [-0.15, -0.1) is 0 Å². The predicted octanol–water partition coefficient (Wildman–Crippen LogP) is 2.39. The van der Waals surface area contributed by atoms with Crippen molar-refractivity contribution >= 4 is 31.9 Å². The second-order valence-corrected chi connectivity index (χ2v) is 7.56. The molecule has 0 aliphatic rings. The fourth-order valence-corrected chi connectivity index (χ4v) is 3.96. The number of sulfonamides is 1. The highest BCUT2D eigenvalue weighted by molar-refractivity contribution is 9.10. The summed E-state index contributed by atoms with van der Waals surface area (Å²) in [6.45, 7) is 5.22. The average Bonchev–Trinajstić information content (AvgIpc) is 2.26. The fraction of sp³-hybridized carbons (Fsp3) is 0.462. The highest BCUT2D eigenvalue weighted by Gasteiger charge is 2.25. The molecule has 0 saturated carbocycles. The van der Waals surface area contributed by atoms with Crippen molar-refractivity contribution in [1.82, 2.24) is 4.72 Å². The van der Waals surface area contributed by atoms with Gasteiger partial charge in [0.1, 0.15) is 0 Å². The van der Waals surface area contributed by atoms with E-state index in [-0.39, 0.29) is 17.4 Å². The Morgan fingerprint density at radius 1 is 1.40 bits per heavy atom. The Kier molecular flexibility index (Phi) is 5.73. The molecule has 1 rings (SSSR count). The summed E-state index contributed by atoms with van der Waals surface area (Å²) in [5.74, 6) is -1.92. The van der Waals surface area contributed by atoms with E-state index in [0.717, 1.165) is 5.56 Å². The molecule has 0 saturated heterocycles. The van der Waals surface area contributed by atoms with Gasteiger partial charge in [0.25, 0.3) is 0 Å². The molecule has 1 aromatic carbocycles. The minimum atomic E-state index is -3.73. The van der Waals surface area contributed by atoms with Crippen LogP contribution in [-0.2, 0) is 14.8 Å². The number of nitrogens with one attached hydrogen (secondary N) is 1. The first-order valence-corrected chi connectivity index (χ1v) is 8.41. The second-order valence-electron chi connectivity index (χ2n) is 4.97. The SMILES string of the molecule is Cc1ccc(S(=O)(=O)NCC(C(=O)O)C(C)C)c(Br)c1. The zero-order valence-corrected chi connectivity index (χ0v) is 14.0. The Bertz CT molecular complexity index is 598. The maximum absolute atomic E-state index is 12.2. The zero-order chi connectivity index (χ0) is 15.5. The zero-order valence-electron chi connectivity index (χ0n) is 11.6. The molecular formula is C13H18BrNO4S. The third-order valence-electron chi connectivity index (χ3n) is 2.99. The first-order valence-electron chi connectivity index (χ1n) is 6.13. The predicted molar refractivity (Wildman–Crippen MR) is 80.0 cm³/mol. The first-order chi connectivity index (χ1) is 9.15. The molecule has 2 N–H and O–H groups in total. The Balaban J connectivity index is 2.93. The van der Waals surface area contributed by atoms with E-state index in [1.54, 1.807) is 26.0 Å². The summed E-state index contributed by atoms with van der Waals surface area (Å²) in [7, 11) is -3.73. The number of carboxylic acids is 1. The molecule has 20 heavy (non-hydrogen) atoms. The second kappa shape index (κ2) is 6.69. The number of rotatable bonds is 6. The standard InChI is InChI=1S/C13H18BrNO4S/c1-8(2)10(13(16)17)7-15-20(18,19)12-5-4-9(3)6-11(12)14/h4-6,8,10,15H,7H2,1-3H3,(H,16,17). The van der Waals surface area contributed by atoms with Gasteiger partial charge in [-0.25, -0.2) is 13.1 Å². The van der Waals surface area contributed by atoms with Crippen LogP contribution in [0.1, 0.15) is 19.4 Å². The van der Waals surface area contributed by atoms with Crippen LogP contribution in [-0.4, -0.2) is 26.0 Å². The molecule has 1 atom stereocenters. The summed E-state index contributed by atoms with van der Waals surface area (Å²) in [6, 6.07) is 4.88. The number of aliphatic carboxylic acids is 1. The number of carboxylic acid groups (broad SMARTS) is 1. The van der Waals surface area contributed by atoms with E-state index in [4.69, 9.17) is 5.11 Å². The maximum atomic E-state index is 12.2. The van der Waals surface area contributed by atoms with E-state index in [0.29, 0.717) is 4.47 Å². The van der Waals surface area contributed by atoms with Crippen molar-refractivity contribution in [3.63, 3.8) is 0 Å². The number of benzene rings is 1. The van der Waals surface area contributed by atoms with E-state index >= 15 is 0 Å². The number of hydrogen-bond acceptors (Lipinski definition) is 3. The topological polar surface area (TPSA) is 83.5 Å². The van der Waals surface area contributed by atoms with Crippen LogP contribution in [0, 0.1) is 18.8 Å². The lowest BCUT2D eigenvalue weighted by Crippen LogP contribution is -2.35. The van der Waals surface area contributed by atoms with Crippen molar-refractivity contribution in [1.29, 1.82) is 0 Å². The van der Waals surface area contributed by atoms with Crippen molar-refractivity contribution in [3.05, 3.63) is 28.2 Å². The summed E-state index contributed by atoms with van der Waals surface area (Å²) in [6.07, 6.45) is 0. The van der Waals surface area contributed by atoms with Gasteiger partial charge in [0.15, 0.2) is 0 Å². The van der Waals surface area contributed by atoms with Crippen LogP contribution >= 0.6 is 15.9 Å². The molecule has 0 heterocycles. The van der Waals surface area contributed by atoms with Crippen molar-refractivity contribution in [2.75, 3.05) is 6.54 Å². The Hall–Kier alpha value is -0.920. The highest BCUT2D eigenvalue weighted by Crippen LogP contribution is 2.23. The molecule has 0 spiro atoms. The van der Waals surface area contributed by atoms with Crippen LogP contribution < -0.4 is 4.72 Å². The number of carbonyl (C=O) groups is 1. The molecule has 0 fully saturated rings. The third-order valence-corrected chi connectivity index (χ3v) is 5.39. The van der Waals surface area contributed by atoms with Gasteiger partial charge in [0.05, 0.1) is 10.8 Å². The summed E-state index contributed by atoms with van der Waals surface area (Å²) < 4.78 is 27.2. The largest absolute Gasteiger partial charge is 0.481 e. The molecule has 112 valence electrons. The van der Waals surface area contributed by atoms with E-state index in [1.807, 2.05) is 6.92 Å². The van der Waals surface area contributed by atoms with Crippen molar-refractivity contribution < 1.29 is 18.3 Å². The van der Waals surface area contributed by atoms with E-state index in [1.165, 1.54) is 6.07 Å². The average molecular weight is 364 g/mol. The minimum absolute atomic E-state index is 0.107. The van der Waals surface area contributed by atoms with Crippen LogP contribution in [0.2, 0.25) is 0 Å². The molecule has 7 heteroatoms. The molecule has 1 unspecified atom stereocenters. The normalized spacial score (nSPS) is 13.4. The molecule has 0 aliphatic carbocycles. The van der Waals surface area contributed by atoms with Gasteiger partial charge in [-0.1, -0.05) is 19.9 Å². The number of hydrogen-bond donors (Lipinski definition) is 2. The number of halogens is 1. The van der Waals surface area contributed by atoms with E-state index in [2.05, 4.69) is 20.7 Å². The first kappa shape index (κ1) is 17.1. The third kappa shape index (κ3) is 4.29. The monoisotopic (exact) mass is 363 g/mol. The maximum Gasteiger partial charge on any atom is 0.308 e. The van der Waals surface area contributed by atoms with E-state index < -0.39 is 21.9 Å².